The molecule has 1 saturated heterocycles. The average Bonchev–Trinajstić information content (AvgIpc) is 2.26. The molecule has 1 aliphatic rings. The van der Waals surface area contributed by atoms with Gasteiger partial charge in [-0.05, 0) is 32.2 Å². The molecule has 1 fully saturated rings. The molecule has 0 spiro atoms. The molecule has 1 atom stereocenters. The van der Waals surface area contributed by atoms with Gasteiger partial charge in [-0.3, -0.25) is 4.79 Å². The van der Waals surface area contributed by atoms with Crippen molar-refractivity contribution in [2.75, 3.05) is 6.54 Å². The largest absolute Gasteiger partial charge is 0.461 e. The van der Waals surface area contributed by atoms with Gasteiger partial charge in [-0.25, -0.2) is 0 Å². The Hall–Kier alpha value is -0.570. The van der Waals surface area contributed by atoms with Crippen LogP contribution in [0.25, 0.3) is 0 Å². The summed E-state index contributed by atoms with van der Waals surface area (Å²) in [5.41, 5.74) is 0. The Balaban J connectivity index is 2.32. The molecule has 1 rings (SSSR count). The molecule has 0 aromatic carbocycles. The second-order valence-corrected chi connectivity index (χ2v) is 3.88. The first kappa shape index (κ1) is 11.5. The molecule has 3 nitrogen and oxygen atoms in total. The summed E-state index contributed by atoms with van der Waals surface area (Å²) >= 11 is 0. The predicted molar refractivity (Wildman–Crippen MR) is 56.1 cm³/mol. The van der Waals surface area contributed by atoms with E-state index in [0.717, 1.165) is 32.2 Å². The highest BCUT2D eigenvalue weighted by Gasteiger charge is 2.23. The van der Waals surface area contributed by atoms with Crippen molar-refractivity contribution in [3.8, 4) is 0 Å². The van der Waals surface area contributed by atoms with E-state index in [0.29, 0.717) is 0 Å². The third-order valence-corrected chi connectivity index (χ3v) is 2.79. The Kier molecular flexibility index (Phi) is 4.94. The van der Waals surface area contributed by atoms with Crippen molar-refractivity contribution < 1.29 is 9.53 Å². The second kappa shape index (κ2) is 6.02. The molecule has 0 aromatic heterocycles. The van der Waals surface area contributed by atoms with Crippen LogP contribution >= 0.6 is 0 Å². The van der Waals surface area contributed by atoms with Gasteiger partial charge in [0.05, 0.1) is 0 Å². The number of rotatable bonds is 4. The van der Waals surface area contributed by atoms with Crippen molar-refractivity contribution in [3.63, 3.8) is 0 Å². The van der Waals surface area contributed by atoms with Gasteiger partial charge >= 0.3 is 5.97 Å². The quantitative estimate of drug-likeness (QED) is 0.702. The van der Waals surface area contributed by atoms with Crippen molar-refractivity contribution in [2.24, 2.45) is 0 Å². The fraction of sp³-hybridized carbons (Fsp3) is 0.909. The van der Waals surface area contributed by atoms with Crippen LogP contribution in [0, 0.1) is 0 Å². The van der Waals surface area contributed by atoms with Gasteiger partial charge in [0, 0.05) is 0 Å². The van der Waals surface area contributed by atoms with Crippen molar-refractivity contribution in [1.82, 2.24) is 5.32 Å². The molecule has 3 heteroatoms. The lowest BCUT2D eigenvalue weighted by atomic mass is 10.1. The maximum Gasteiger partial charge on any atom is 0.323 e. The molecule has 0 aromatic rings. The van der Waals surface area contributed by atoms with Crippen LogP contribution in [0.1, 0.15) is 46.0 Å². The van der Waals surface area contributed by atoms with Crippen LogP contribution in [-0.2, 0) is 9.53 Å². The van der Waals surface area contributed by atoms with E-state index in [-0.39, 0.29) is 18.1 Å². The van der Waals surface area contributed by atoms with E-state index in [4.69, 9.17) is 4.74 Å². The molecular weight excluding hydrogens is 178 g/mol. The molecule has 0 aliphatic carbocycles. The van der Waals surface area contributed by atoms with Crippen LogP contribution in [0.3, 0.4) is 0 Å². The Labute approximate surface area is 86.2 Å². The first-order chi connectivity index (χ1) is 6.77. The van der Waals surface area contributed by atoms with E-state index in [1.165, 1.54) is 6.42 Å². The zero-order chi connectivity index (χ0) is 10.4. The average molecular weight is 199 g/mol. The van der Waals surface area contributed by atoms with Crippen molar-refractivity contribution in [3.05, 3.63) is 0 Å². The van der Waals surface area contributed by atoms with Crippen molar-refractivity contribution in [1.29, 1.82) is 0 Å². The van der Waals surface area contributed by atoms with Gasteiger partial charge < -0.3 is 10.1 Å². The minimum atomic E-state index is -0.0570. The molecule has 1 aliphatic heterocycles. The molecule has 0 bridgehead atoms. The minimum absolute atomic E-state index is 0.0515. The highest BCUT2D eigenvalue weighted by atomic mass is 16.5. The maximum atomic E-state index is 11.6. The van der Waals surface area contributed by atoms with Gasteiger partial charge in [0.2, 0.25) is 0 Å². The first-order valence-corrected chi connectivity index (χ1v) is 5.71. The summed E-state index contributed by atoms with van der Waals surface area (Å²) in [4.78, 5) is 11.6. The summed E-state index contributed by atoms with van der Waals surface area (Å²) in [6.45, 7) is 5.05. The van der Waals surface area contributed by atoms with Crippen LogP contribution in [0.15, 0.2) is 0 Å². The highest BCUT2D eigenvalue weighted by Crippen LogP contribution is 2.11. The fourth-order valence-corrected chi connectivity index (χ4v) is 1.75. The topological polar surface area (TPSA) is 38.3 Å². The van der Waals surface area contributed by atoms with Gasteiger partial charge in [-0.1, -0.05) is 20.3 Å². The summed E-state index contributed by atoms with van der Waals surface area (Å²) in [6, 6.07) is -0.0515. The van der Waals surface area contributed by atoms with Gasteiger partial charge in [-0.15, -0.1) is 0 Å². The monoisotopic (exact) mass is 199 g/mol. The third kappa shape index (κ3) is 3.29. The number of piperidine rings is 1. The van der Waals surface area contributed by atoms with Crippen molar-refractivity contribution >= 4 is 5.97 Å². The summed E-state index contributed by atoms with van der Waals surface area (Å²) in [5, 5.41) is 3.20. The lowest BCUT2D eigenvalue weighted by Gasteiger charge is -2.24. The van der Waals surface area contributed by atoms with E-state index in [1.807, 2.05) is 0 Å². The molecule has 82 valence electrons. The van der Waals surface area contributed by atoms with Crippen LogP contribution in [-0.4, -0.2) is 24.7 Å². The number of esters is 1. The number of hydrogen-bond acceptors (Lipinski definition) is 3. The minimum Gasteiger partial charge on any atom is -0.461 e. The SMILES string of the molecule is CCC(CC)OC(=O)C1CCCCN1. The Morgan fingerprint density at radius 1 is 1.43 bits per heavy atom. The summed E-state index contributed by atoms with van der Waals surface area (Å²) in [6.07, 6.45) is 5.17. The van der Waals surface area contributed by atoms with Gasteiger partial charge in [0.15, 0.2) is 0 Å². The van der Waals surface area contributed by atoms with E-state index < -0.39 is 0 Å². The molecule has 1 unspecified atom stereocenters. The van der Waals surface area contributed by atoms with Crippen LogP contribution in [0.5, 0.6) is 0 Å². The summed E-state index contributed by atoms with van der Waals surface area (Å²) in [5.74, 6) is -0.0570. The Morgan fingerprint density at radius 3 is 2.64 bits per heavy atom. The Bertz CT molecular complexity index is 172. The second-order valence-electron chi connectivity index (χ2n) is 3.88. The van der Waals surface area contributed by atoms with E-state index >= 15 is 0 Å². The zero-order valence-corrected chi connectivity index (χ0v) is 9.21. The maximum absolute atomic E-state index is 11.6. The first-order valence-electron chi connectivity index (χ1n) is 5.71. The standard InChI is InChI=1S/C11H21NO2/c1-3-9(4-2)14-11(13)10-7-5-6-8-12-10/h9-10,12H,3-8H2,1-2H3. The molecular formula is C11H21NO2. The van der Waals surface area contributed by atoms with Gasteiger partial charge in [-0.2, -0.15) is 0 Å². The molecule has 0 radical (unpaired) electrons. The highest BCUT2D eigenvalue weighted by molar-refractivity contribution is 5.76. The van der Waals surface area contributed by atoms with Gasteiger partial charge in [0.25, 0.3) is 0 Å². The molecule has 1 heterocycles. The van der Waals surface area contributed by atoms with Gasteiger partial charge in [0.1, 0.15) is 12.1 Å². The summed E-state index contributed by atoms with van der Waals surface area (Å²) in [7, 11) is 0. The van der Waals surface area contributed by atoms with E-state index in [9.17, 15) is 4.79 Å². The molecule has 0 saturated carbocycles. The number of carbonyl (C=O) groups is 1. The Morgan fingerprint density at radius 2 is 2.14 bits per heavy atom. The molecule has 1 N–H and O–H groups in total. The third-order valence-electron chi connectivity index (χ3n) is 2.79. The van der Waals surface area contributed by atoms with E-state index in [1.54, 1.807) is 0 Å². The number of carbonyl (C=O) groups excluding carboxylic acids is 1. The van der Waals surface area contributed by atoms with Crippen LogP contribution < -0.4 is 5.32 Å². The van der Waals surface area contributed by atoms with E-state index in [2.05, 4.69) is 19.2 Å². The lowest BCUT2D eigenvalue weighted by molar-refractivity contribution is -0.152. The smallest absolute Gasteiger partial charge is 0.323 e. The molecule has 14 heavy (non-hydrogen) atoms. The van der Waals surface area contributed by atoms with Crippen LogP contribution in [0.2, 0.25) is 0 Å². The zero-order valence-electron chi connectivity index (χ0n) is 9.21. The fourth-order valence-electron chi connectivity index (χ4n) is 1.75. The molecule has 0 amide bonds. The number of ether oxygens (including phenoxy) is 1. The summed E-state index contributed by atoms with van der Waals surface area (Å²) < 4.78 is 5.39. The lowest BCUT2D eigenvalue weighted by Crippen LogP contribution is -2.42. The number of hydrogen-bond donors (Lipinski definition) is 1. The van der Waals surface area contributed by atoms with Crippen LogP contribution in [0.4, 0.5) is 0 Å². The normalized spacial score (nSPS) is 22.4. The number of nitrogens with one attached hydrogen (secondary N) is 1. The van der Waals surface area contributed by atoms with Crippen molar-refractivity contribution in [2.45, 2.75) is 58.1 Å². The predicted octanol–water partition coefficient (Wildman–Crippen LogP) is 1.86.